The molecule has 2 N–H and O–H groups in total. The Balaban J connectivity index is 1.72. The van der Waals surface area contributed by atoms with Crippen molar-refractivity contribution < 1.29 is 36.3 Å². The van der Waals surface area contributed by atoms with E-state index in [9.17, 15) is 36.3 Å². The number of carboxylic acid groups (broad SMARTS) is 1. The molecule has 0 fully saturated rings. The van der Waals surface area contributed by atoms with Gasteiger partial charge in [-0.25, -0.2) is 18.4 Å². The largest absolute Gasteiger partial charge is 0.481 e. The molecule has 4 aromatic rings. The van der Waals surface area contributed by atoms with Crippen LogP contribution in [0.15, 0.2) is 72.8 Å². The van der Waals surface area contributed by atoms with Gasteiger partial charge >= 0.3 is 12.1 Å². The van der Waals surface area contributed by atoms with Crippen molar-refractivity contribution in [1.82, 2.24) is 15.3 Å². The summed E-state index contributed by atoms with van der Waals surface area (Å²) >= 11 is 6.02. The molecule has 220 valence electrons. The fourth-order valence-corrected chi connectivity index (χ4v) is 5.54. The molecule has 0 radical (unpaired) electrons. The Morgan fingerprint density at radius 1 is 0.976 bits per heavy atom. The van der Waals surface area contributed by atoms with E-state index >= 15 is 0 Å². The predicted octanol–water partition coefficient (Wildman–Crippen LogP) is 5.80. The zero-order valence-corrected chi connectivity index (χ0v) is 23.7. The standard InChI is InChI=1S/C29H25ClF3N3O5S/c1-42(40,41)21(16-25(37)38)12-14-23-26(17-7-10-20(30)11-8-17)35-22-13-9-19(15-24(22)34-23)28(39)36-27(29(31,32)33)18-5-3-2-4-6-18/h2-11,13,15,21,27H,12,14,16H2,1H3,(H,36,39)(H,37,38)/t21?,27-/m0/s1. The zero-order valence-electron chi connectivity index (χ0n) is 22.1. The van der Waals surface area contributed by atoms with E-state index in [0.29, 0.717) is 27.5 Å². The van der Waals surface area contributed by atoms with Gasteiger partial charge in [-0.15, -0.1) is 0 Å². The van der Waals surface area contributed by atoms with Crippen molar-refractivity contribution in [3.05, 3.63) is 94.6 Å². The minimum Gasteiger partial charge on any atom is -0.481 e. The lowest BCUT2D eigenvalue weighted by Gasteiger charge is -2.22. The maximum atomic E-state index is 13.8. The molecule has 1 aromatic heterocycles. The third kappa shape index (κ3) is 7.62. The fourth-order valence-electron chi connectivity index (χ4n) is 4.42. The fraction of sp³-hybridized carbons (Fsp3) is 0.241. The molecule has 0 aliphatic carbocycles. The number of aliphatic carboxylic acids is 1. The number of nitrogens with zero attached hydrogens (tertiary/aromatic N) is 2. The number of sulfone groups is 1. The summed E-state index contributed by atoms with van der Waals surface area (Å²) in [5.41, 5.74) is 1.62. The predicted molar refractivity (Wildman–Crippen MR) is 152 cm³/mol. The van der Waals surface area contributed by atoms with Crippen molar-refractivity contribution >= 4 is 44.3 Å². The second-order valence-corrected chi connectivity index (χ2v) is 12.4. The summed E-state index contributed by atoms with van der Waals surface area (Å²) in [6, 6.07) is 15.5. The highest BCUT2D eigenvalue weighted by atomic mass is 35.5. The van der Waals surface area contributed by atoms with Gasteiger partial charge in [0.05, 0.1) is 34.1 Å². The molecule has 42 heavy (non-hydrogen) atoms. The number of aromatic nitrogens is 2. The van der Waals surface area contributed by atoms with Crippen LogP contribution < -0.4 is 5.32 Å². The smallest absolute Gasteiger partial charge is 0.412 e. The second-order valence-electron chi connectivity index (χ2n) is 9.68. The van der Waals surface area contributed by atoms with Gasteiger partial charge in [-0.05, 0) is 48.7 Å². The van der Waals surface area contributed by atoms with E-state index in [-0.39, 0.29) is 29.5 Å². The molecule has 2 atom stereocenters. The summed E-state index contributed by atoms with van der Waals surface area (Å²) in [5.74, 6) is -2.25. The summed E-state index contributed by atoms with van der Waals surface area (Å²) in [4.78, 5) is 33.5. The lowest BCUT2D eigenvalue weighted by atomic mass is 10.0. The molecule has 0 saturated carbocycles. The van der Waals surface area contributed by atoms with E-state index in [1.54, 1.807) is 30.3 Å². The maximum Gasteiger partial charge on any atom is 0.412 e. The monoisotopic (exact) mass is 619 g/mol. The van der Waals surface area contributed by atoms with Gasteiger partial charge in [0.2, 0.25) is 0 Å². The number of hydrogen-bond donors (Lipinski definition) is 2. The number of benzene rings is 3. The zero-order chi connectivity index (χ0) is 30.7. The number of alkyl halides is 3. The number of amides is 1. The third-order valence-corrected chi connectivity index (χ3v) is 8.43. The first kappa shape index (κ1) is 30.9. The molecule has 0 aliphatic rings. The molecule has 13 heteroatoms. The molecule has 0 aliphatic heterocycles. The van der Waals surface area contributed by atoms with Crippen molar-refractivity contribution in [2.45, 2.75) is 36.7 Å². The summed E-state index contributed by atoms with van der Waals surface area (Å²) in [5, 5.41) is 10.5. The Bertz CT molecular complexity index is 1720. The first-order valence-corrected chi connectivity index (χ1v) is 15.0. The maximum absolute atomic E-state index is 13.8. The Morgan fingerprint density at radius 2 is 1.64 bits per heavy atom. The number of nitrogens with one attached hydrogen (secondary N) is 1. The molecule has 0 saturated heterocycles. The summed E-state index contributed by atoms with van der Waals surface area (Å²) in [7, 11) is -3.71. The average Bonchev–Trinajstić information content (AvgIpc) is 2.92. The van der Waals surface area contributed by atoms with Gasteiger partial charge in [-0.3, -0.25) is 9.59 Å². The van der Waals surface area contributed by atoms with E-state index < -0.39 is 45.6 Å². The topological polar surface area (TPSA) is 126 Å². The molecule has 1 heterocycles. The van der Waals surface area contributed by atoms with Crippen molar-refractivity contribution in [2.75, 3.05) is 6.26 Å². The lowest BCUT2D eigenvalue weighted by Crippen LogP contribution is -2.38. The first-order valence-electron chi connectivity index (χ1n) is 12.6. The Morgan fingerprint density at radius 3 is 2.24 bits per heavy atom. The van der Waals surface area contributed by atoms with Crippen molar-refractivity contribution in [2.24, 2.45) is 0 Å². The van der Waals surface area contributed by atoms with Crippen LogP contribution in [-0.4, -0.2) is 53.1 Å². The van der Waals surface area contributed by atoms with Gasteiger partial charge in [0.25, 0.3) is 5.91 Å². The van der Waals surface area contributed by atoms with Crippen LogP contribution in [0.5, 0.6) is 0 Å². The number of carbonyl (C=O) groups is 2. The normalized spacial score (nSPS) is 13.5. The highest BCUT2D eigenvalue weighted by Gasteiger charge is 2.42. The minimum atomic E-state index is -4.75. The van der Waals surface area contributed by atoms with E-state index in [0.717, 1.165) is 6.26 Å². The quantitative estimate of drug-likeness (QED) is 0.230. The van der Waals surface area contributed by atoms with Crippen LogP contribution in [-0.2, 0) is 21.1 Å². The molecule has 8 nitrogen and oxygen atoms in total. The van der Waals surface area contributed by atoms with Crippen LogP contribution in [0.1, 0.15) is 40.5 Å². The van der Waals surface area contributed by atoms with Crippen LogP contribution in [0, 0.1) is 0 Å². The number of aryl methyl sites for hydroxylation is 1. The van der Waals surface area contributed by atoms with Gasteiger partial charge in [-0.1, -0.05) is 54.1 Å². The number of halogens is 4. The molecule has 0 bridgehead atoms. The summed E-state index contributed by atoms with van der Waals surface area (Å²) < 4.78 is 65.9. The summed E-state index contributed by atoms with van der Waals surface area (Å²) in [6.07, 6.45) is -4.44. The molecule has 1 amide bonds. The highest BCUT2D eigenvalue weighted by molar-refractivity contribution is 7.91. The number of carboxylic acids is 1. The summed E-state index contributed by atoms with van der Waals surface area (Å²) in [6.45, 7) is 0. The van der Waals surface area contributed by atoms with Crippen molar-refractivity contribution in [1.29, 1.82) is 0 Å². The molecule has 0 spiro atoms. The molecular weight excluding hydrogens is 595 g/mol. The highest BCUT2D eigenvalue weighted by Crippen LogP contribution is 2.33. The number of fused-ring (bicyclic) bond motifs is 1. The molecular formula is C29H25ClF3N3O5S. The number of rotatable bonds is 10. The van der Waals surface area contributed by atoms with E-state index in [1.165, 1.54) is 42.5 Å². The second kappa shape index (κ2) is 12.5. The Labute approximate surface area is 244 Å². The van der Waals surface area contributed by atoms with Gasteiger partial charge in [0.15, 0.2) is 15.9 Å². The Hall–Kier alpha value is -4.03. The van der Waals surface area contributed by atoms with Gasteiger partial charge in [-0.2, -0.15) is 13.2 Å². The minimum absolute atomic E-state index is 0.0203. The SMILES string of the molecule is CS(=O)(=O)C(CCc1nc2cc(C(=O)N[C@@H](c3ccccc3)C(F)(F)F)ccc2nc1-c1ccc(Cl)cc1)CC(=O)O. The molecule has 1 unspecified atom stereocenters. The molecule has 3 aromatic carbocycles. The van der Waals surface area contributed by atoms with Crippen molar-refractivity contribution in [3.8, 4) is 11.3 Å². The van der Waals surface area contributed by atoms with Crippen LogP contribution in [0.3, 0.4) is 0 Å². The molecule has 4 rings (SSSR count). The van der Waals surface area contributed by atoms with E-state index in [4.69, 9.17) is 11.6 Å². The van der Waals surface area contributed by atoms with Gasteiger partial charge in [0, 0.05) is 22.4 Å². The Kier molecular flexibility index (Phi) is 9.17. The number of hydrogen-bond acceptors (Lipinski definition) is 6. The van der Waals surface area contributed by atoms with Crippen molar-refractivity contribution in [3.63, 3.8) is 0 Å². The first-order chi connectivity index (χ1) is 19.7. The third-order valence-electron chi connectivity index (χ3n) is 6.56. The lowest BCUT2D eigenvalue weighted by molar-refractivity contribution is -0.155. The average molecular weight is 620 g/mol. The number of carbonyl (C=O) groups excluding carboxylic acids is 1. The van der Waals surface area contributed by atoms with Crippen LogP contribution in [0.4, 0.5) is 13.2 Å². The van der Waals surface area contributed by atoms with Crippen LogP contribution in [0.2, 0.25) is 5.02 Å². The van der Waals surface area contributed by atoms with Gasteiger partial charge < -0.3 is 10.4 Å². The van der Waals surface area contributed by atoms with Gasteiger partial charge in [0.1, 0.15) is 0 Å². The van der Waals surface area contributed by atoms with Crippen LogP contribution in [0.25, 0.3) is 22.3 Å². The van der Waals surface area contributed by atoms with E-state index in [2.05, 4.69) is 9.97 Å². The van der Waals surface area contributed by atoms with E-state index in [1.807, 2.05) is 5.32 Å². The van der Waals surface area contributed by atoms with Crippen LogP contribution >= 0.6 is 11.6 Å².